The highest BCUT2D eigenvalue weighted by Crippen LogP contribution is 2.40. The maximum absolute atomic E-state index is 9.49. The summed E-state index contributed by atoms with van der Waals surface area (Å²) in [5.41, 5.74) is 0. The van der Waals surface area contributed by atoms with Crippen molar-refractivity contribution in [3.8, 4) is 0 Å². The minimum atomic E-state index is -1.61. The van der Waals surface area contributed by atoms with Gasteiger partial charge in [0, 0.05) is 12.1 Å². The molecule has 0 heterocycles. The van der Waals surface area contributed by atoms with Gasteiger partial charge >= 0.3 is 0 Å². The van der Waals surface area contributed by atoms with E-state index in [1.807, 2.05) is 32.4 Å². The van der Waals surface area contributed by atoms with Crippen molar-refractivity contribution < 1.29 is 14.5 Å². The third kappa shape index (κ3) is 3.78. The highest BCUT2D eigenvalue weighted by atomic mass is 31.2. The maximum atomic E-state index is 9.49. The molecular formula is C7H18NO3P. The van der Waals surface area contributed by atoms with Gasteiger partial charge in [0.25, 0.3) is 8.53 Å². The second kappa shape index (κ2) is 5.84. The van der Waals surface area contributed by atoms with Crippen LogP contribution in [-0.2, 0) is 9.56 Å². The van der Waals surface area contributed by atoms with E-state index in [0.717, 1.165) is 0 Å². The van der Waals surface area contributed by atoms with Crippen molar-refractivity contribution in [2.45, 2.75) is 39.8 Å². The fourth-order valence-electron chi connectivity index (χ4n) is 1.10. The van der Waals surface area contributed by atoms with Gasteiger partial charge in [-0.3, -0.25) is 0 Å². The zero-order valence-electron chi connectivity index (χ0n) is 8.31. The maximum Gasteiger partial charge on any atom is 0.289 e. The average Bonchev–Trinajstić information content (AvgIpc) is 1.85. The lowest BCUT2D eigenvalue weighted by atomic mass is 10.3. The third-order valence-electron chi connectivity index (χ3n) is 1.40. The number of hydrogen-bond acceptors (Lipinski definition) is 4. The van der Waals surface area contributed by atoms with Crippen LogP contribution in [-0.4, -0.2) is 28.8 Å². The van der Waals surface area contributed by atoms with E-state index < -0.39 is 8.53 Å². The molecule has 0 aromatic heterocycles. The molecule has 0 rings (SSSR count). The molecule has 0 radical (unpaired) electrons. The second-order valence-electron chi connectivity index (χ2n) is 3.06. The molecule has 0 spiro atoms. The summed E-state index contributed by atoms with van der Waals surface area (Å²) >= 11 is 0. The molecular weight excluding hydrogens is 177 g/mol. The van der Waals surface area contributed by atoms with E-state index in [0.29, 0.717) is 0 Å². The zero-order chi connectivity index (χ0) is 9.72. The second-order valence-corrected chi connectivity index (χ2v) is 4.18. The molecule has 0 fully saturated rings. The Hall–Kier alpha value is 0.270. The van der Waals surface area contributed by atoms with Crippen molar-refractivity contribution in [3.63, 3.8) is 0 Å². The largest absolute Gasteiger partial charge is 0.336 e. The zero-order valence-corrected chi connectivity index (χ0v) is 9.21. The van der Waals surface area contributed by atoms with E-state index in [1.165, 1.54) is 7.11 Å². The summed E-state index contributed by atoms with van der Waals surface area (Å²) in [7, 11) is -0.219. The van der Waals surface area contributed by atoms with E-state index in [1.54, 1.807) is 0 Å². The number of nitrogens with zero attached hydrogens (tertiary/aromatic N) is 1. The monoisotopic (exact) mass is 195 g/mol. The van der Waals surface area contributed by atoms with Gasteiger partial charge in [0.1, 0.15) is 0 Å². The molecule has 0 saturated carbocycles. The Bertz CT molecular complexity index is 113. The fraction of sp³-hybridized carbons (Fsp3) is 1.00. The summed E-state index contributed by atoms with van der Waals surface area (Å²) < 4.78 is 6.53. The molecule has 5 heteroatoms. The normalized spacial score (nSPS) is 14.8. The molecule has 1 N–H and O–H groups in total. The van der Waals surface area contributed by atoms with E-state index in [4.69, 9.17) is 0 Å². The highest BCUT2D eigenvalue weighted by Gasteiger charge is 2.24. The predicted molar refractivity (Wildman–Crippen MR) is 49.3 cm³/mol. The van der Waals surface area contributed by atoms with Gasteiger partial charge < -0.3 is 4.89 Å². The fourth-order valence-corrected chi connectivity index (χ4v) is 2.10. The van der Waals surface area contributed by atoms with Crippen molar-refractivity contribution in [1.29, 1.82) is 0 Å². The minimum absolute atomic E-state index is 0.247. The first-order valence-corrected chi connectivity index (χ1v) is 5.15. The van der Waals surface area contributed by atoms with Crippen LogP contribution in [0.1, 0.15) is 27.7 Å². The molecule has 0 bridgehead atoms. The SMILES string of the molecule is COOP(O)N(C(C)C)C(C)C. The van der Waals surface area contributed by atoms with Crippen LogP contribution in [0.2, 0.25) is 0 Å². The molecule has 12 heavy (non-hydrogen) atoms. The standard InChI is InChI=1S/C7H18NO3P/c1-6(2)8(7(3)4)12(9)11-10-5/h6-7,9H,1-5H3. The van der Waals surface area contributed by atoms with Crippen LogP contribution < -0.4 is 0 Å². The summed E-state index contributed by atoms with van der Waals surface area (Å²) in [4.78, 5) is 13.9. The van der Waals surface area contributed by atoms with Crippen molar-refractivity contribution in [2.24, 2.45) is 0 Å². The van der Waals surface area contributed by atoms with Crippen molar-refractivity contribution in [3.05, 3.63) is 0 Å². The third-order valence-corrected chi connectivity index (χ3v) is 3.00. The van der Waals surface area contributed by atoms with E-state index in [2.05, 4.69) is 9.56 Å². The molecule has 0 aromatic carbocycles. The van der Waals surface area contributed by atoms with E-state index >= 15 is 0 Å². The lowest BCUT2D eigenvalue weighted by Crippen LogP contribution is -2.32. The first-order chi connectivity index (χ1) is 5.50. The summed E-state index contributed by atoms with van der Waals surface area (Å²) in [6.07, 6.45) is 0. The van der Waals surface area contributed by atoms with Crippen LogP contribution >= 0.6 is 8.53 Å². The highest BCUT2D eigenvalue weighted by molar-refractivity contribution is 7.43. The Morgan fingerprint density at radius 1 is 1.17 bits per heavy atom. The Morgan fingerprint density at radius 2 is 1.58 bits per heavy atom. The Labute approximate surface area is 75.4 Å². The van der Waals surface area contributed by atoms with E-state index in [9.17, 15) is 4.89 Å². The van der Waals surface area contributed by atoms with Crippen molar-refractivity contribution in [2.75, 3.05) is 7.11 Å². The lowest BCUT2D eigenvalue weighted by molar-refractivity contribution is -0.184. The molecule has 74 valence electrons. The summed E-state index contributed by atoms with van der Waals surface area (Å²) in [6, 6.07) is 0.493. The van der Waals surface area contributed by atoms with Crippen molar-refractivity contribution in [1.82, 2.24) is 4.67 Å². The molecule has 1 atom stereocenters. The van der Waals surface area contributed by atoms with Crippen LogP contribution in [0.5, 0.6) is 0 Å². The number of rotatable bonds is 5. The quantitative estimate of drug-likeness (QED) is 0.413. The van der Waals surface area contributed by atoms with Crippen LogP contribution in [0.25, 0.3) is 0 Å². The van der Waals surface area contributed by atoms with Gasteiger partial charge in [-0.05, 0) is 27.7 Å². The van der Waals surface area contributed by atoms with Crippen LogP contribution in [0.15, 0.2) is 0 Å². The van der Waals surface area contributed by atoms with Gasteiger partial charge in [0.15, 0.2) is 0 Å². The smallest absolute Gasteiger partial charge is 0.289 e. The van der Waals surface area contributed by atoms with Gasteiger partial charge in [0.05, 0.1) is 7.11 Å². The predicted octanol–water partition coefficient (Wildman–Crippen LogP) is 1.90. The van der Waals surface area contributed by atoms with Crippen molar-refractivity contribution >= 4 is 8.53 Å². The molecule has 1 unspecified atom stereocenters. The average molecular weight is 195 g/mol. The first-order valence-electron chi connectivity index (χ1n) is 3.98. The minimum Gasteiger partial charge on any atom is -0.336 e. The molecule has 0 amide bonds. The summed E-state index contributed by atoms with van der Waals surface area (Å²) in [5, 5.41) is 0. The van der Waals surface area contributed by atoms with Gasteiger partial charge in [-0.1, -0.05) is 0 Å². The first kappa shape index (κ1) is 12.3. The molecule has 0 aliphatic carbocycles. The van der Waals surface area contributed by atoms with Crippen LogP contribution in [0.4, 0.5) is 0 Å². The molecule has 0 saturated heterocycles. The van der Waals surface area contributed by atoms with Crippen LogP contribution in [0, 0.1) is 0 Å². The molecule has 4 nitrogen and oxygen atoms in total. The van der Waals surface area contributed by atoms with Gasteiger partial charge in [0.2, 0.25) is 0 Å². The Kier molecular flexibility index (Phi) is 5.97. The Morgan fingerprint density at radius 3 is 1.83 bits per heavy atom. The van der Waals surface area contributed by atoms with Gasteiger partial charge in [-0.15, -0.1) is 0 Å². The molecule has 0 aromatic rings. The lowest BCUT2D eigenvalue weighted by Gasteiger charge is -2.31. The van der Waals surface area contributed by atoms with Gasteiger partial charge in [-0.25, -0.2) is 9.56 Å². The van der Waals surface area contributed by atoms with E-state index in [-0.39, 0.29) is 12.1 Å². The Balaban J connectivity index is 4.09. The topological polar surface area (TPSA) is 41.9 Å². The van der Waals surface area contributed by atoms with Gasteiger partial charge in [-0.2, -0.15) is 4.67 Å². The summed E-state index contributed by atoms with van der Waals surface area (Å²) in [5.74, 6) is 0. The summed E-state index contributed by atoms with van der Waals surface area (Å²) in [6.45, 7) is 8.02. The molecule has 0 aliphatic heterocycles. The number of hydrogen-bond donors (Lipinski definition) is 1. The van der Waals surface area contributed by atoms with Crippen LogP contribution in [0.3, 0.4) is 0 Å². The molecule has 0 aliphatic rings.